The minimum atomic E-state index is -0.487. The second-order valence-corrected chi connectivity index (χ2v) is 4.27. The van der Waals surface area contributed by atoms with E-state index in [9.17, 15) is 9.59 Å². The second-order valence-electron chi connectivity index (χ2n) is 4.27. The van der Waals surface area contributed by atoms with E-state index in [0.717, 1.165) is 12.1 Å². The Morgan fingerprint density at radius 1 is 1.50 bits per heavy atom. The average Bonchev–Trinajstić information content (AvgIpc) is 2.76. The summed E-state index contributed by atoms with van der Waals surface area (Å²) in [5, 5.41) is 3.08. The molecule has 1 saturated heterocycles. The van der Waals surface area contributed by atoms with E-state index in [-0.39, 0.29) is 5.91 Å². The molecule has 1 fully saturated rings. The van der Waals surface area contributed by atoms with Crippen molar-refractivity contribution < 1.29 is 9.59 Å². The van der Waals surface area contributed by atoms with Gasteiger partial charge >= 0.3 is 0 Å². The first kappa shape index (κ1) is 12.4. The van der Waals surface area contributed by atoms with Crippen LogP contribution in [0.25, 0.3) is 0 Å². The van der Waals surface area contributed by atoms with Crippen molar-refractivity contribution in [2.45, 2.75) is 19.8 Å². The lowest BCUT2D eigenvalue weighted by Crippen LogP contribution is -2.24. The van der Waals surface area contributed by atoms with Gasteiger partial charge in [-0.2, -0.15) is 0 Å². The van der Waals surface area contributed by atoms with Gasteiger partial charge in [-0.05, 0) is 31.5 Å². The Morgan fingerprint density at radius 3 is 2.83 bits per heavy atom. The monoisotopic (exact) mass is 247 g/mol. The molecule has 0 bridgehead atoms. The van der Waals surface area contributed by atoms with Crippen LogP contribution in [0, 0.1) is 0 Å². The van der Waals surface area contributed by atoms with Crippen LogP contribution in [0.5, 0.6) is 0 Å². The number of anilines is 2. The van der Waals surface area contributed by atoms with Crippen LogP contribution in [-0.2, 0) is 4.79 Å². The molecular formula is C13H17N3O2. The van der Waals surface area contributed by atoms with Crippen LogP contribution in [0.1, 0.15) is 30.1 Å². The molecule has 1 aliphatic rings. The van der Waals surface area contributed by atoms with Crippen molar-refractivity contribution in [2.24, 2.45) is 5.73 Å². The minimum Gasteiger partial charge on any atom is -0.385 e. The van der Waals surface area contributed by atoms with E-state index in [0.29, 0.717) is 30.8 Å². The number of primary amides is 1. The third-order valence-corrected chi connectivity index (χ3v) is 3.02. The summed E-state index contributed by atoms with van der Waals surface area (Å²) in [7, 11) is 0. The van der Waals surface area contributed by atoms with Crippen molar-refractivity contribution in [3.05, 3.63) is 23.8 Å². The number of hydrogen-bond donors (Lipinski definition) is 2. The van der Waals surface area contributed by atoms with Crippen LogP contribution in [-0.4, -0.2) is 24.9 Å². The Balaban J connectivity index is 2.36. The van der Waals surface area contributed by atoms with Gasteiger partial charge in [-0.1, -0.05) is 0 Å². The highest BCUT2D eigenvalue weighted by atomic mass is 16.2. The molecule has 0 spiro atoms. The summed E-state index contributed by atoms with van der Waals surface area (Å²) < 4.78 is 0. The smallest absolute Gasteiger partial charge is 0.250 e. The highest BCUT2D eigenvalue weighted by molar-refractivity contribution is 6.02. The molecule has 1 aromatic rings. The fourth-order valence-electron chi connectivity index (χ4n) is 2.17. The number of carbonyl (C=O) groups excluding carboxylic acids is 2. The SMILES string of the molecule is CCNc1ccc(N2CCCC2=O)cc1C(N)=O. The fourth-order valence-corrected chi connectivity index (χ4v) is 2.17. The highest BCUT2D eigenvalue weighted by Gasteiger charge is 2.22. The maximum Gasteiger partial charge on any atom is 0.250 e. The molecule has 96 valence electrons. The van der Waals surface area contributed by atoms with Crippen LogP contribution in [0.4, 0.5) is 11.4 Å². The maximum atomic E-state index is 11.7. The number of nitrogens with two attached hydrogens (primary N) is 1. The Morgan fingerprint density at radius 2 is 2.28 bits per heavy atom. The second kappa shape index (κ2) is 5.08. The summed E-state index contributed by atoms with van der Waals surface area (Å²) in [6.07, 6.45) is 1.43. The summed E-state index contributed by atoms with van der Waals surface area (Å²) >= 11 is 0. The standard InChI is InChI=1S/C13H17N3O2/c1-2-15-11-6-5-9(8-10(11)13(14)18)16-7-3-4-12(16)17/h5-6,8,15H,2-4,7H2,1H3,(H2,14,18). The number of nitrogens with zero attached hydrogens (tertiary/aromatic N) is 1. The summed E-state index contributed by atoms with van der Waals surface area (Å²) in [4.78, 5) is 24.8. The van der Waals surface area contributed by atoms with Crippen molar-refractivity contribution >= 4 is 23.2 Å². The molecular weight excluding hydrogens is 230 g/mol. The first-order chi connectivity index (χ1) is 8.63. The Labute approximate surface area is 106 Å². The normalized spacial score (nSPS) is 14.9. The Kier molecular flexibility index (Phi) is 3.50. The summed E-state index contributed by atoms with van der Waals surface area (Å²) in [5.41, 5.74) is 7.24. The number of hydrogen-bond acceptors (Lipinski definition) is 3. The average molecular weight is 247 g/mol. The van der Waals surface area contributed by atoms with Gasteiger partial charge in [-0.25, -0.2) is 0 Å². The predicted octanol–water partition coefficient (Wildman–Crippen LogP) is 1.34. The number of rotatable bonds is 4. The highest BCUT2D eigenvalue weighted by Crippen LogP contribution is 2.26. The molecule has 3 N–H and O–H groups in total. The maximum absolute atomic E-state index is 11.7. The van der Waals surface area contributed by atoms with Crippen molar-refractivity contribution in [1.82, 2.24) is 0 Å². The van der Waals surface area contributed by atoms with E-state index in [2.05, 4.69) is 5.32 Å². The topological polar surface area (TPSA) is 75.4 Å². The van der Waals surface area contributed by atoms with Gasteiger partial charge in [0.25, 0.3) is 5.91 Å². The van der Waals surface area contributed by atoms with Gasteiger partial charge in [-0.15, -0.1) is 0 Å². The van der Waals surface area contributed by atoms with Gasteiger partial charge in [0.2, 0.25) is 5.91 Å². The van der Waals surface area contributed by atoms with E-state index < -0.39 is 5.91 Å². The van der Waals surface area contributed by atoms with Crippen LogP contribution in [0.3, 0.4) is 0 Å². The molecule has 18 heavy (non-hydrogen) atoms. The minimum absolute atomic E-state index is 0.0987. The van der Waals surface area contributed by atoms with Gasteiger partial charge in [0, 0.05) is 30.9 Å². The van der Waals surface area contributed by atoms with Crippen LogP contribution < -0.4 is 16.0 Å². The summed E-state index contributed by atoms with van der Waals surface area (Å²) in [6.45, 7) is 3.36. The van der Waals surface area contributed by atoms with E-state index in [4.69, 9.17) is 5.73 Å². The zero-order chi connectivity index (χ0) is 13.1. The van der Waals surface area contributed by atoms with Gasteiger partial charge < -0.3 is 16.0 Å². The van der Waals surface area contributed by atoms with Crippen molar-refractivity contribution in [1.29, 1.82) is 0 Å². The van der Waals surface area contributed by atoms with Crippen molar-refractivity contribution in [2.75, 3.05) is 23.3 Å². The van der Waals surface area contributed by atoms with Crippen molar-refractivity contribution in [3.63, 3.8) is 0 Å². The zero-order valence-corrected chi connectivity index (χ0v) is 10.4. The van der Waals surface area contributed by atoms with E-state index in [1.54, 1.807) is 17.0 Å². The molecule has 1 aliphatic heterocycles. The van der Waals surface area contributed by atoms with E-state index in [1.807, 2.05) is 13.0 Å². The summed E-state index contributed by atoms with van der Waals surface area (Å²) in [5.74, 6) is -0.388. The van der Waals surface area contributed by atoms with Crippen molar-refractivity contribution in [3.8, 4) is 0 Å². The molecule has 0 atom stereocenters. The van der Waals surface area contributed by atoms with Gasteiger partial charge in [0.05, 0.1) is 5.56 Å². The number of carbonyl (C=O) groups is 2. The number of amides is 2. The Hall–Kier alpha value is -2.04. The molecule has 0 radical (unpaired) electrons. The molecule has 0 aromatic heterocycles. The third kappa shape index (κ3) is 2.30. The molecule has 5 nitrogen and oxygen atoms in total. The van der Waals surface area contributed by atoms with Gasteiger partial charge in [0.15, 0.2) is 0 Å². The lowest BCUT2D eigenvalue weighted by molar-refractivity contribution is -0.117. The lowest BCUT2D eigenvalue weighted by Gasteiger charge is -2.18. The molecule has 5 heteroatoms. The molecule has 0 unspecified atom stereocenters. The van der Waals surface area contributed by atoms with E-state index >= 15 is 0 Å². The number of nitrogens with one attached hydrogen (secondary N) is 1. The predicted molar refractivity (Wildman–Crippen MR) is 70.7 cm³/mol. The molecule has 0 saturated carbocycles. The van der Waals surface area contributed by atoms with Gasteiger partial charge in [-0.3, -0.25) is 9.59 Å². The number of benzene rings is 1. The summed E-state index contributed by atoms with van der Waals surface area (Å²) in [6, 6.07) is 5.32. The quantitative estimate of drug-likeness (QED) is 0.843. The molecule has 0 aliphatic carbocycles. The molecule has 2 amide bonds. The molecule has 1 aromatic carbocycles. The van der Waals surface area contributed by atoms with E-state index in [1.165, 1.54) is 0 Å². The fraction of sp³-hybridized carbons (Fsp3) is 0.385. The largest absolute Gasteiger partial charge is 0.385 e. The first-order valence-electron chi connectivity index (χ1n) is 6.11. The lowest BCUT2D eigenvalue weighted by atomic mass is 10.1. The van der Waals surface area contributed by atoms with Gasteiger partial charge in [0.1, 0.15) is 0 Å². The molecule has 2 rings (SSSR count). The van der Waals surface area contributed by atoms with Crippen LogP contribution in [0.15, 0.2) is 18.2 Å². The van der Waals surface area contributed by atoms with Crippen LogP contribution in [0.2, 0.25) is 0 Å². The first-order valence-corrected chi connectivity index (χ1v) is 6.11. The molecule has 1 heterocycles. The Bertz CT molecular complexity index is 485. The zero-order valence-electron chi connectivity index (χ0n) is 10.4. The van der Waals surface area contributed by atoms with Crippen LogP contribution >= 0.6 is 0 Å². The third-order valence-electron chi connectivity index (χ3n) is 3.02.